The number of methoxy groups -OCH3 is 1. The molecule has 0 saturated carbocycles. The highest BCUT2D eigenvalue weighted by Crippen LogP contribution is 2.27. The van der Waals surface area contributed by atoms with Crippen molar-refractivity contribution in [2.24, 2.45) is 0 Å². The maximum Gasteiger partial charge on any atom is 0.258 e. The Morgan fingerprint density at radius 1 is 1.12 bits per heavy atom. The number of rotatable bonds is 8. The van der Waals surface area contributed by atoms with Gasteiger partial charge in [0.05, 0.1) is 18.2 Å². The number of carbonyl (C=O) groups excluding carboxylic acids is 1. The third-order valence-electron chi connectivity index (χ3n) is 3.81. The van der Waals surface area contributed by atoms with Gasteiger partial charge < -0.3 is 19.7 Å². The average molecular weight is 399 g/mol. The zero-order valence-corrected chi connectivity index (χ0v) is 16.6. The summed E-state index contributed by atoms with van der Waals surface area (Å²) in [6.07, 6.45) is 0. The molecule has 1 amide bonds. The van der Waals surface area contributed by atoms with Crippen LogP contribution < -0.4 is 14.8 Å². The first-order valence-electron chi connectivity index (χ1n) is 7.96. The highest BCUT2D eigenvalue weighted by Gasteiger charge is 2.19. The summed E-state index contributed by atoms with van der Waals surface area (Å²) >= 11 is 6.01. The number of likely N-dealkylation sites (N-methyl/N-ethyl adjacent to an activating group) is 1. The van der Waals surface area contributed by atoms with Crippen LogP contribution in [0.25, 0.3) is 0 Å². The molecule has 142 valence electrons. The van der Waals surface area contributed by atoms with E-state index >= 15 is 0 Å². The Kier molecular flexibility index (Phi) is 9.27. The normalized spacial score (nSPS) is 11.4. The predicted octanol–water partition coefficient (Wildman–Crippen LogP) is 3.57. The van der Waals surface area contributed by atoms with Crippen molar-refractivity contribution in [2.45, 2.75) is 6.04 Å². The van der Waals surface area contributed by atoms with E-state index in [1.54, 1.807) is 19.2 Å². The second kappa shape index (κ2) is 10.9. The maximum absolute atomic E-state index is 12.1. The molecule has 0 aliphatic rings. The molecule has 26 heavy (non-hydrogen) atoms. The van der Waals surface area contributed by atoms with E-state index in [9.17, 15) is 4.79 Å². The summed E-state index contributed by atoms with van der Waals surface area (Å²) in [6, 6.07) is 14.8. The highest BCUT2D eigenvalue weighted by molar-refractivity contribution is 6.32. The van der Waals surface area contributed by atoms with Crippen molar-refractivity contribution in [1.29, 1.82) is 0 Å². The fraction of sp³-hybridized carbons (Fsp3) is 0.316. The number of para-hydroxylation sites is 2. The summed E-state index contributed by atoms with van der Waals surface area (Å²) in [5, 5.41) is 3.38. The Labute approximate surface area is 165 Å². The van der Waals surface area contributed by atoms with Crippen molar-refractivity contribution in [3.63, 3.8) is 0 Å². The van der Waals surface area contributed by atoms with E-state index in [1.165, 1.54) is 0 Å². The number of nitrogens with one attached hydrogen (secondary N) is 1. The molecule has 1 N–H and O–H groups in total. The molecule has 2 aromatic carbocycles. The molecule has 1 atom stereocenters. The molecule has 0 heterocycles. The predicted molar refractivity (Wildman–Crippen MR) is 107 cm³/mol. The van der Waals surface area contributed by atoms with Crippen molar-refractivity contribution in [2.75, 3.05) is 34.4 Å². The second-order valence-electron chi connectivity index (χ2n) is 5.74. The first-order valence-corrected chi connectivity index (χ1v) is 8.34. The molecule has 0 bridgehead atoms. The molecule has 0 saturated heterocycles. The molecule has 0 radical (unpaired) electrons. The monoisotopic (exact) mass is 398 g/mol. The summed E-state index contributed by atoms with van der Waals surface area (Å²) < 4.78 is 10.9. The summed E-state index contributed by atoms with van der Waals surface area (Å²) in [4.78, 5) is 14.1. The van der Waals surface area contributed by atoms with Crippen LogP contribution in [0.2, 0.25) is 5.02 Å². The van der Waals surface area contributed by atoms with Crippen LogP contribution >= 0.6 is 24.0 Å². The lowest BCUT2D eigenvalue weighted by Crippen LogP contribution is -2.37. The Bertz CT molecular complexity index is 711. The zero-order valence-electron chi connectivity index (χ0n) is 15.1. The van der Waals surface area contributed by atoms with Gasteiger partial charge in [-0.05, 0) is 32.3 Å². The van der Waals surface area contributed by atoms with Crippen LogP contribution in [0.1, 0.15) is 11.6 Å². The van der Waals surface area contributed by atoms with E-state index in [-0.39, 0.29) is 31.0 Å². The van der Waals surface area contributed by atoms with Gasteiger partial charge in [0.2, 0.25) is 0 Å². The lowest BCUT2D eigenvalue weighted by molar-refractivity contribution is -0.123. The maximum atomic E-state index is 12.1. The van der Waals surface area contributed by atoms with E-state index in [2.05, 4.69) is 5.32 Å². The number of nitrogens with zero attached hydrogens (tertiary/aromatic N) is 1. The van der Waals surface area contributed by atoms with Crippen LogP contribution in [-0.2, 0) is 4.79 Å². The van der Waals surface area contributed by atoms with Gasteiger partial charge in [-0.3, -0.25) is 4.79 Å². The molecule has 0 aliphatic heterocycles. The van der Waals surface area contributed by atoms with Crippen molar-refractivity contribution in [3.8, 4) is 11.5 Å². The number of carbonyl (C=O) groups is 1. The third kappa shape index (κ3) is 6.09. The molecule has 0 fully saturated rings. The Balaban J connectivity index is 0.00000338. The number of ether oxygens (including phenoxy) is 2. The third-order valence-corrected chi connectivity index (χ3v) is 4.12. The van der Waals surface area contributed by atoms with Gasteiger partial charge in [-0.25, -0.2) is 0 Å². The van der Waals surface area contributed by atoms with Crippen molar-refractivity contribution in [1.82, 2.24) is 10.2 Å². The molecule has 0 aromatic heterocycles. The molecule has 0 aliphatic carbocycles. The standard InChI is InChI=1S/C19H23ClN2O3.ClH/c1-22(2)16(14-8-4-6-10-17(14)24-3)12-21-19(23)13-25-18-11-7-5-9-15(18)20;/h4-11,16H,12-13H2,1-3H3,(H,21,23);1H. The van der Waals surface area contributed by atoms with Gasteiger partial charge >= 0.3 is 0 Å². The lowest BCUT2D eigenvalue weighted by atomic mass is 10.0. The summed E-state index contributed by atoms with van der Waals surface area (Å²) in [5.41, 5.74) is 1.02. The van der Waals surface area contributed by atoms with Crippen LogP contribution in [-0.4, -0.2) is 45.2 Å². The fourth-order valence-electron chi connectivity index (χ4n) is 2.48. The first kappa shape index (κ1) is 22.1. The Morgan fingerprint density at radius 3 is 2.35 bits per heavy atom. The minimum Gasteiger partial charge on any atom is -0.496 e. The summed E-state index contributed by atoms with van der Waals surface area (Å²) in [7, 11) is 5.56. The lowest BCUT2D eigenvalue weighted by Gasteiger charge is -2.26. The molecule has 1 unspecified atom stereocenters. The van der Waals surface area contributed by atoms with Crippen LogP contribution in [0, 0.1) is 0 Å². The van der Waals surface area contributed by atoms with E-state index in [4.69, 9.17) is 21.1 Å². The quantitative estimate of drug-likeness (QED) is 0.738. The van der Waals surface area contributed by atoms with E-state index in [1.807, 2.05) is 55.4 Å². The number of halogens is 2. The highest BCUT2D eigenvalue weighted by atomic mass is 35.5. The molecular weight excluding hydrogens is 375 g/mol. The van der Waals surface area contributed by atoms with Gasteiger partial charge in [-0.1, -0.05) is 41.9 Å². The fourth-order valence-corrected chi connectivity index (χ4v) is 2.67. The molecule has 2 rings (SSSR count). The Hall–Kier alpha value is -1.95. The van der Waals surface area contributed by atoms with Gasteiger partial charge in [0.1, 0.15) is 11.5 Å². The smallest absolute Gasteiger partial charge is 0.258 e. The van der Waals surface area contributed by atoms with Gasteiger partial charge in [0.15, 0.2) is 6.61 Å². The van der Waals surface area contributed by atoms with Gasteiger partial charge in [-0.15, -0.1) is 12.4 Å². The molecule has 5 nitrogen and oxygen atoms in total. The first-order chi connectivity index (χ1) is 12.0. The minimum atomic E-state index is -0.207. The summed E-state index contributed by atoms with van der Waals surface area (Å²) in [6.45, 7) is 0.355. The topological polar surface area (TPSA) is 50.8 Å². The van der Waals surface area contributed by atoms with Gasteiger partial charge in [0.25, 0.3) is 5.91 Å². The number of hydrogen-bond donors (Lipinski definition) is 1. The largest absolute Gasteiger partial charge is 0.496 e. The number of amides is 1. The van der Waals surface area contributed by atoms with Crippen LogP contribution in [0.3, 0.4) is 0 Å². The van der Waals surface area contributed by atoms with Gasteiger partial charge in [0, 0.05) is 12.1 Å². The Morgan fingerprint density at radius 2 is 1.73 bits per heavy atom. The van der Waals surface area contributed by atoms with Crippen LogP contribution in [0.15, 0.2) is 48.5 Å². The molecule has 0 spiro atoms. The molecule has 7 heteroatoms. The van der Waals surface area contributed by atoms with E-state index < -0.39 is 0 Å². The van der Waals surface area contributed by atoms with E-state index in [0.29, 0.717) is 17.3 Å². The van der Waals surface area contributed by atoms with Crippen molar-refractivity contribution in [3.05, 3.63) is 59.1 Å². The average Bonchev–Trinajstić information content (AvgIpc) is 2.61. The molecule has 2 aromatic rings. The number of hydrogen-bond acceptors (Lipinski definition) is 4. The molecular formula is C19H24Cl2N2O3. The van der Waals surface area contributed by atoms with E-state index in [0.717, 1.165) is 11.3 Å². The SMILES string of the molecule is COc1ccccc1C(CNC(=O)COc1ccccc1Cl)N(C)C.Cl. The van der Waals surface area contributed by atoms with Gasteiger partial charge in [-0.2, -0.15) is 0 Å². The second-order valence-corrected chi connectivity index (χ2v) is 6.15. The van der Waals surface area contributed by atoms with Crippen LogP contribution in [0.5, 0.6) is 11.5 Å². The minimum absolute atomic E-state index is 0. The van der Waals surface area contributed by atoms with Crippen molar-refractivity contribution >= 4 is 29.9 Å². The van der Waals surface area contributed by atoms with Crippen LogP contribution in [0.4, 0.5) is 0 Å². The number of benzene rings is 2. The summed E-state index contributed by atoms with van der Waals surface area (Å²) in [5.74, 6) is 1.08. The van der Waals surface area contributed by atoms with Crippen molar-refractivity contribution < 1.29 is 14.3 Å². The zero-order chi connectivity index (χ0) is 18.2.